The third-order valence-electron chi connectivity index (χ3n) is 4.38. The van der Waals surface area contributed by atoms with E-state index in [1.165, 1.54) is 0 Å². The van der Waals surface area contributed by atoms with Gasteiger partial charge in [-0.3, -0.25) is 4.98 Å². The van der Waals surface area contributed by atoms with Gasteiger partial charge in [-0.1, -0.05) is 0 Å². The monoisotopic (exact) mass is 426 g/mol. The molecule has 26 heavy (non-hydrogen) atoms. The van der Waals surface area contributed by atoms with Crippen molar-refractivity contribution in [3.05, 3.63) is 59.4 Å². The molecule has 0 unspecified atom stereocenters. The second kappa shape index (κ2) is 8.43. The second-order valence-electron chi connectivity index (χ2n) is 5.77. The molecule has 1 aliphatic heterocycles. The number of hydrogen-bond acceptors (Lipinski definition) is 3. The lowest BCUT2D eigenvalue weighted by Gasteiger charge is -2.30. The van der Waals surface area contributed by atoms with Crippen molar-refractivity contribution < 1.29 is 13.2 Å². The number of fused-ring (bicyclic) bond motifs is 3. The number of aromatic nitrogens is 3. The second-order valence-corrected chi connectivity index (χ2v) is 5.77. The van der Waals surface area contributed by atoms with Gasteiger partial charge in [0.15, 0.2) is 11.6 Å². The highest BCUT2D eigenvalue weighted by molar-refractivity contribution is 5.86. The number of hydrogen-bond donors (Lipinski definition) is 1. The van der Waals surface area contributed by atoms with Gasteiger partial charge in [-0.05, 0) is 17.7 Å². The average molecular weight is 428 g/mol. The molecule has 4 rings (SSSR count). The Bertz CT molecular complexity index is 919. The van der Waals surface area contributed by atoms with Crippen LogP contribution in [0.1, 0.15) is 17.3 Å². The van der Waals surface area contributed by atoms with Crippen LogP contribution in [0.15, 0.2) is 30.6 Å². The van der Waals surface area contributed by atoms with Gasteiger partial charge < -0.3 is 10.3 Å². The molecule has 3 heterocycles. The Morgan fingerprint density at radius 2 is 1.73 bits per heavy atom. The Labute approximate surface area is 166 Å². The van der Waals surface area contributed by atoms with Gasteiger partial charge in [0.1, 0.15) is 17.2 Å². The fourth-order valence-corrected chi connectivity index (χ4v) is 3.24. The number of imidazole rings is 1. The first-order valence-electron chi connectivity index (χ1n) is 7.23. The topological polar surface area (TPSA) is 56.7 Å². The van der Waals surface area contributed by atoms with E-state index in [-0.39, 0.29) is 42.8 Å². The largest absolute Gasteiger partial charge is 0.326 e. The summed E-state index contributed by atoms with van der Waals surface area (Å²) >= 11 is 0. The van der Waals surface area contributed by atoms with E-state index in [1.54, 1.807) is 12.4 Å². The molecule has 1 aliphatic rings. The lowest BCUT2D eigenvalue weighted by atomic mass is 9.86. The summed E-state index contributed by atoms with van der Waals surface area (Å²) in [6.07, 6.45) is 3.68. The van der Waals surface area contributed by atoms with Gasteiger partial charge >= 0.3 is 0 Å². The number of benzene rings is 1. The third-order valence-corrected chi connectivity index (χ3v) is 4.38. The Morgan fingerprint density at radius 1 is 1.04 bits per heavy atom. The van der Waals surface area contributed by atoms with Crippen LogP contribution in [0.5, 0.6) is 0 Å². The summed E-state index contributed by atoms with van der Waals surface area (Å²) in [7, 11) is 0. The van der Waals surface area contributed by atoms with Crippen molar-refractivity contribution in [2.24, 2.45) is 5.73 Å². The van der Waals surface area contributed by atoms with Crippen LogP contribution >= 0.6 is 37.2 Å². The van der Waals surface area contributed by atoms with Crippen LogP contribution in [0.2, 0.25) is 0 Å². The smallest absolute Gasteiger partial charge is 0.161 e. The van der Waals surface area contributed by atoms with Gasteiger partial charge in [-0.25, -0.2) is 18.2 Å². The molecule has 3 aromatic rings. The van der Waals surface area contributed by atoms with Crippen molar-refractivity contribution in [3.8, 4) is 0 Å². The van der Waals surface area contributed by atoms with Crippen LogP contribution in [0.25, 0.3) is 11.0 Å². The van der Waals surface area contributed by atoms with Gasteiger partial charge in [0, 0.05) is 37.2 Å². The molecule has 0 aliphatic carbocycles. The van der Waals surface area contributed by atoms with Crippen LogP contribution in [-0.4, -0.2) is 20.6 Å². The van der Waals surface area contributed by atoms with Gasteiger partial charge in [0.25, 0.3) is 0 Å². The average Bonchev–Trinajstić information content (AvgIpc) is 2.88. The summed E-state index contributed by atoms with van der Waals surface area (Å²) in [6.45, 7) is 0.430. The van der Waals surface area contributed by atoms with Gasteiger partial charge in [-0.2, -0.15) is 0 Å². The van der Waals surface area contributed by atoms with Crippen LogP contribution < -0.4 is 5.73 Å². The quantitative estimate of drug-likeness (QED) is 0.601. The zero-order chi connectivity index (χ0) is 16.1. The molecule has 0 saturated carbocycles. The van der Waals surface area contributed by atoms with Crippen molar-refractivity contribution in [1.82, 2.24) is 14.5 Å². The van der Waals surface area contributed by atoms with E-state index in [0.717, 1.165) is 22.9 Å². The molecular weight excluding hydrogens is 412 g/mol. The predicted octanol–water partition coefficient (Wildman–Crippen LogP) is 3.78. The number of nitrogens with two attached hydrogens (primary N) is 1. The number of rotatable bonds is 1. The Hall–Kier alpha value is -1.54. The molecular formula is C16H16Cl3F3N4. The fraction of sp³-hybridized carbons (Fsp3) is 0.250. The molecule has 142 valence electrons. The summed E-state index contributed by atoms with van der Waals surface area (Å²) < 4.78 is 42.7. The van der Waals surface area contributed by atoms with Crippen LogP contribution in [0, 0.1) is 17.5 Å². The number of halogens is 6. The van der Waals surface area contributed by atoms with Crippen molar-refractivity contribution in [2.45, 2.75) is 24.9 Å². The predicted molar refractivity (Wildman–Crippen MR) is 100 cm³/mol. The zero-order valence-corrected chi connectivity index (χ0v) is 15.7. The Kier molecular flexibility index (Phi) is 7.30. The van der Waals surface area contributed by atoms with Gasteiger partial charge in [0.05, 0.1) is 11.7 Å². The molecule has 10 heteroatoms. The molecule has 1 aromatic carbocycles. The molecule has 0 fully saturated rings. The number of nitrogens with zero attached hydrogens (tertiary/aromatic N) is 3. The van der Waals surface area contributed by atoms with E-state index >= 15 is 0 Å². The van der Waals surface area contributed by atoms with Crippen molar-refractivity contribution in [1.29, 1.82) is 0 Å². The standard InChI is InChI=1S/C16H13F3N4.3ClH/c17-10-5-12(19)11(18)3-8(10)9-4-16-22-14-6-21-2-1-15(14)23(16)7-13(9)20;;;/h1-3,5-6,9,13H,4,7,20H2;3*1H/t9-,13+;;;/m1.../s1. The van der Waals surface area contributed by atoms with E-state index < -0.39 is 29.4 Å². The summed E-state index contributed by atoms with van der Waals surface area (Å²) in [5.41, 5.74) is 7.93. The molecule has 4 nitrogen and oxygen atoms in total. The minimum absolute atomic E-state index is 0. The van der Waals surface area contributed by atoms with Crippen LogP contribution in [0.4, 0.5) is 13.2 Å². The highest BCUT2D eigenvalue weighted by Gasteiger charge is 2.32. The summed E-state index contributed by atoms with van der Waals surface area (Å²) in [4.78, 5) is 8.52. The lowest BCUT2D eigenvalue weighted by Crippen LogP contribution is -2.39. The van der Waals surface area contributed by atoms with E-state index in [0.29, 0.717) is 19.0 Å². The molecule has 0 radical (unpaired) electrons. The summed E-state index contributed by atoms with van der Waals surface area (Å²) in [6, 6.07) is 2.89. The summed E-state index contributed by atoms with van der Waals surface area (Å²) in [5.74, 6) is -2.77. The van der Waals surface area contributed by atoms with Crippen molar-refractivity contribution in [2.75, 3.05) is 0 Å². The minimum atomic E-state index is -1.20. The Morgan fingerprint density at radius 3 is 2.46 bits per heavy atom. The number of pyridine rings is 1. The van der Waals surface area contributed by atoms with Gasteiger partial charge in [0.2, 0.25) is 0 Å². The van der Waals surface area contributed by atoms with E-state index in [2.05, 4.69) is 9.97 Å². The zero-order valence-electron chi connectivity index (χ0n) is 13.2. The molecule has 2 N–H and O–H groups in total. The maximum atomic E-state index is 14.1. The van der Waals surface area contributed by atoms with E-state index in [1.807, 2.05) is 10.6 Å². The first kappa shape index (κ1) is 22.5. The third kappa shape index (κ3) is 3.62. The normalized spacial score (nSPS) is 18.3. The first-order valence-corrected chi connectivity index (χ1v) is 7.23. The van der Waals surface area contributed by atoms with Crippen LogP contribution in [0.3, 0.4) is 0 Å². The fourth-order valence-electron chi connectivity index (χ4n) is 3.24. The molecule has 0 bridgehead atoms. The molecule has 2 atom stereocenters. The summed E-state index contributed by atoms with van der Waals surface area (Å²) in [5, 5.41) is 0. The molecule has 0 spiro atoms. The SMILES string of the molecule is Cl.Cl.Cl.N[C@H]1Cn2c(nc3cnccc32)C[C@@H]1c1cc(F)c(F)cc1F. The molecule has 2 aromatic heterocycles. The highest BCUT2D eigenvalue weighted by atomic mass is 35.5. The minimum Gasteiger partial charge on any atom is -0.326 e. The highest BCUT2D eigenvalue weighted by Crippen LogP contribution is 2.33. The molecule has 0 amide bonds. The van der Waals surface area contributed by atoms with Crippen molar-refractivity contribution >= 4 is 48.3 Å². The maximum absolute atomic E-state index is 14.1. The van der Waals surface area contributed by atoms with Gasteiger partial charge in [-0.15, -0.1) is 37.2 Å². The van der Waals surface area contributed by atoms with E-state index in [9.17, 15) is 13.2 Å². The van der Waals surface area contributed by atoms with Crippen molar-refractivity contribution in [3.63, 3.8) is 0 Å². The Balaban J connectivity index is 0.00000113. The maximum Gasteiger partial charge on any atom is 0.161 e. The first-order chi connectivity index (χ1) is 11.0. The lowest BCUT2D eigenvalue weighted by molar-refractivity contribution is 0.392. The molecule has 0 saturated heterocycles. The van der Waals surface area contributed by atoms with E-state index in [4.69, 9.17) is 5.73 Å². The van der Waals surface area contributed by atoms with Crippen LogP contribution in [-0.2, 0) is 13.0 Å².